The number of aliphatic imine (C=N–C) groups is 1. The Morgan fingerprint density at radius 1 is 1.38 bits per heavy atom. The van der Waals surface area contributed by atoms with Crippen molar-refractivity contribution in [3.8, 4) is 11.8 Å². The molecule has 0 unspecified atom stereocenters. The van der Waals surface area contributed by atoms with Gasteiger partial charge in [-0.2, -0.15) is 13.2 Å². The Hall–Kier alpha value is -2.20. The van der Waals surface area contributed by atoms with Crippen molar-refractivity contribution in [3.05, 3.63) is 35.4 Å². The lowest BCUT2D eigenvalue weighted by atomic mass is 10.1. The van der Waals surface area contributed by atoms with E-state index in [1.54, 1.807) is 0 Å². The molecular weight excluding hydrogens is 319 g/mol. The number of guanidine groups is 1. The van der Waals surface area contributed by atoms with Crippen molar-refractivity contribution in [2.24, 2.45) is 4.99 Å². The number of nitrogens with one attached hydrogen (secondary N) is 1. The van der Waals surface area contributed by atoms with Crippen LogP contribution in [0.1, 0.15) is 24.5 Å². The van der Waals surface area contributed by atoms with Crippen molar-refractivity contribution >= 4 is 5.96 Å². The molecule has 2 rings (SSSR count). The van der Waals surface area contributed by atoms with E-state index in [1.807, 2.05) is 11.8 Å². The van der Waals surface area contributed by atoms with E-state index in [9.17, 15) is 18.3 Å². The zero-order chi connectivity index (χ0) is 17.6. The van der Waals surface area contributed by atoms with E-state index >= 15 is 0 Å². The summed E-state index contributed by atoms with van der Waals surface area (Å²) in [6, 6.07) is 4.73. The molecule has 1 atom stereocenters. The van der Waals surface area contributed by atoms with Crippen LogP contribution in [-0.2, 0) is 6.18 Å². The van der Waals surface area contributed by atoms with Gasteiger partial charge in [-0.05, 0) is 37.6 Å². The van der Waals surface area contributed by atoms with Crippen molar-refractivity contribution in [2.45, 2.75) is 25.6 Å². The molecule has 130 valence electrons. The summed E-state index contributed by atoms with van der Waals surface area (Å²) in [6.07, 6.45) is -3.97. The van der Waals surface area contributed by atoms with Gasteiger partial charge in [-0.3, -0.25) is 0 Å². The zero-order valence-corrected chi connectivity index (χ0v) is 13.4. The Kier molecular flexibility index (Phi) is 6.10. The number of aliphatic hydroxyl groups is 1. The minimum absolute atomic E-state index is 0.232. The van der Waals surface area contributed by atoms with Crippen molar-refractivity contribution in [3.63, 3.8) is 0 Å². The molecule has 1 aromatic rings. The third kappa shape index (κ3) is 5.17. The van der Waals surface area contributed by atoms with Gasteiger partial charge in [0.15, 0.2) is 5.96 Å². The van der Waals surface area contributed by atoms with Gasteiger partial charge in [-0.1, -0.05) is 11.8 Å². The second kappa shape index (κ2) is 8.06. The fourth-order valence-electron chi connectivity index (χ4n) is 2.36. The van der Waals surface area contributed by atoms with Crippen LogP contribution in [0.15, 0.2) is 29.3 Å². The number of hydrogen-bond donors (Lipinski definition) is 2. The van der Waals surface area contributed by atoms with E-state index in [-0.39, 0.29) is 12.6 Å². The Balaban J connectivity index is 1.97. The molecule has 0 radical (unpaired) electrons. The summed E-state index contributed by atoms with van der Waals surface area (Å²) in [6.45, 7) is 4.17. The SMILES string of the molecule is CCNC(=NCC#Cc1ccc(C(F)(F)F)cc1)N1CC[C@@H](O)C1. The molecule has 7 heteroatoms. The number of rotatable bonds is 2. The fourth-order valence-corrected chi connectivity index (χ4v) is 2.36. The molecule has 1 aliphatic rings. The molecule has 1 heterocycles. The molecule has 0 spiro atoms. The van der Waals surface area contributed by atoms with Crippen LogP contribution in [0.3, 0.4) is 0 Å². The second-order valence-electron chi connectivity index (χ2n) is 5.44. The molecule has 0 amide bonds. The molecule has 0 aromatic heterocycles. The first kappa shape index (κ1) is 18.1. The summed E-state index contributed by atoms with van der Waals surface area (Å²) in [4.78, 5) is 6.33. The first-order valence-electron chi connectivity index (χ1n) is 7.77. The lowest BCUT2D eigenvalue weighted by molar-refractivity contribution is -0.137. The van der Waals surface area contributed by atoms with Gasteiger partial charge in [0.2, 0.25) is 0 Å². The van der Waals surface area contributed by atoms with Crippen LogP contribution in [0.25, 0.3) is 0 Å². The van der Waals surface area contributed by atoms with Crippen LogP contribution in [-0.4, -0.2) is 48.2 Å². The molecule has 1 aromatic carbocycles. The quantitative estimate of drug-likeness (QED) is 0.493. The monoisotopic (exact) mass is 339 g/mol. The van der Waals surface area contributed by atoms with E-state index in [4.69, 9.17) is 0 Å². The highest BCUT2D eigenvalue weighted by atomic mass is 19.4. The van der Waals surface area contributed by atoms with Gasteiger partial charge in [0.25, 0.3) is 0 Å². The maximum absolute atomic E-state index is 12.5. The van der Waals surface area contributed by atoms with Crippen molar-refractivity contribution in [2.75, 3.05) is 26.2 Å². The highest BCUT2D eigenvalue weighted by molar-refractivity contribution is 5.80. The van der Waals surface area contributed by atoms with Crippen LogP contribution < -0.4 is 5.32 Å². The van der Waals surface area contributed by atoms with E-state index in [1.165, 1.54) is 12.1 Å². The van der Waals surface area contributed by atoms with E-state index < -0.39 is 11.7 Å². The summed E-state index contributed by atoms with van der Waals surface area (Å²) in [5, 5.41) is 12.7. The summed E-state index contributed by atoms with van der Waals surface area (Å²) >= 11 is 0. The lowest BCUT2D eigenvalue weighted by Gasteiger charge is -2.20. The molecule has 1 fully saturated rings. The molecule has 24 heavy (non-hydrogen) atoms. The highest BCUT2D eigenvalue weighted by Crippen LogP contribution is 2.28. The van der Waals surface area contributed by atoms with E-state index in [0.29, 0.717) is 31.0 Å². The first-order chi connectivity index (χ1) is 11.4. The summed E-state index contributed by atoms with van der Waals surface area (Å²) in [5.41, 5.74) is -0.173. The summed E-state index contributed by atoms with van der Waals surface area (Å²) in [5.74, 6) is 6.33. The largest absolute Gasteiger partial charge is 0.416 e. The fraction of sp³-hybridized carbons (Fsp3) is 0.471. The van der Waals surface area contributed by atoms with Crippen molar-refractivity contribution in [1.29, 1.82) is 0 Å². The third-order valence-corrected chi connectivity index (χ3v) is 3.55. The topological polar surface area (TPSA) is 47.9 Å². The number of benzene rings is 1. The average Bonchev–Trinajstić information content (AvgIpc) is 2.96. The van der Waals surface area contributed by atoms with Gasteiger partial charge >= 0.3 is 6.18 Å². The molecule has 0 bridgehead atoms. The predicted octanol–water partition coefficient (Wildman–Crippen LogP) is 2.09. The minimum atomic E-state index is -4.34. The van der Waals surface area contributed by atoms with Gasteiger partial charge in [0.1, 0.15) is 6.54 Å². The molecule has 0 aliphatic carbocycles. The normalized spacial score (nSPS) is 18.3. The maximum Gasteiger partial charge on any atom is 0.416 e. The van der Waals surface area contributed by atoms with Gasteiger partial charge in [-0.15, -0.1) is 0 Å². The zero-order valence-electron chi connectivity index (χ0n) is 13.4. The Bertz CT molecular complexity index is 629. The first-order valence-corrected chi connectivity index (χ1v) is 7.77. The number of β-amino-alcohol motifs (C(OH)–C–C–N with tert-alkyl or cyclic N) is 1. The number of nitrogens with zero attached hydrogens (tertiary/aromatic N) is 2. The maximum atomic E-state index is 12.5. The molecule has 1 saturated heterocycles. The number of aliphatic hydroxyl groups excluding tert-OH is 1. The smallest absolute Gasteiger partial charge is 0.391 e. The number of likely N-dealkylation sites (tertiary alicyclic amines) is 1. The standard InChI is InChI=1S/C17H20F3N3O/c1-2-21-16(23-11-9-15(24)12-23)22-10-3-4-13-5-7-14(8-6-13)17(18,19)20/h5-8,15,24H,2,9-12H2,1H3,(H,21,22)/t15-/m1/s1. The summed E-state index contributed by atoms with van der Waals surface area (Å²) < 4.78 is 37.4. The average molecular weight is 339 g/mol. The van der Waals surface area contributed by atoms with Gasteiger partial charge < -0.3 is 15.3 Å². The van der Waals surface area contributed by atoms with Crippen molar-refractivity contribution < 1.29 is 18.3 Å². The third-order valence-electron chi connectivity index (χ3n) is 3.55. The molecular formula is C17H20F3N3O. The van der Waals surface area contributed by atoms with Crippen molar-refractivity contribution in [1.82, 2.24) is 10.2 Å². The molecule has 0 saturated carbocycles. The Morgan fingerprint density at radius 3 is 2.62 bits per heavy atom. The number of halogens is 3. The second-order valence-corrected chi connectivity index (χ2v) is 5.44. The van der Waals surface area contributed by atoms with Gasteiger partial charge in [0, 0.05) is 25.2 Å². The van der Waals surface area contributed by atoms with Gasteiger partial charge in [0.05, 0.1) is 11.7 Å². The van der Waals surface area contributed by atoms with Crippen LogP contribution in [0.5, 0.6) is 0 Å². The van der Waals surface area contributed by atoms with E-state index in [2.05, 4.69) is 22.2 Å². The van der Waals surface area contributed by atoms with Crippen LogP contribution in [0.2, 0.25) is 0 Å². The number of hydrogen-bond acceptors (Lipinski definition) is 2. The minimum Gasteiger partial charge on any atom is -0.391 e. The Morgan fingerprint density at radius 2 is 2.08 bits per heavy atom. The van der Waals surface area contributed by atoms with Crippen LogP contribution in [0, 0.1) is 11.8 Å². The molecule has 2 N–H and O–H groups in total. The summed E-state index contributed by atoms with van der Waals surface area (Å²) in [7, 11) is 0. The molecule has 1 aliphatic heterocycles. The highest BCUT2D eigenvalue weighted by Gasteiger charge is 2.29. The number of alkyl halides is 3. The van der Waals surface area contributed by atoms with Crippen LogP contribution in [0.4, 0.5) is 13.2 Å². The lowest BCUT2D eigenvalue weighted by Crippen LogP contribution is -2.40. The van der Waals surface area contributed by atoms with Gasteiger partial charge in [-0.25, -0.2) is 4.99 Å². The predicted molar refractivity (Wildman–Crippen MR) is 86.5 cm³/mol. The van der Waals surface area contributed by atoms with Crippen LogP contribution >= 0.6 is 0 Å². The Labute approximate surface area is 139 Å². The van der Waals surface area contributed by atoms with E-state index in [0.717, 1.165) is 18.7 Å². The molecule has 4 nitrogen and oxygen atoms in total.